The second-order valence-electron chi connectivity index (χ2n) is 3.76. The van der Waals surface area contributed by atoms with Gasteiger partial charge in [-0.2, -0.15) is 0 Å². The monoisotopic (exact) mass is 308 g/mol. The van der Waals surface area contributed by atoms with Crippen LogP contribution in [0.1, 0.15) is 17.3 Å². The molecule has 0 radical (unpaired) electrons. The van der Waals surface area contributed by atoms with E-state index >= 15 is 0 Å². The van der Waals surface area contributed by atoms with Crippen LogP contribution in [-0.4, -0.2) is 23.1 Å². The van der Waals surface area contributed by atoms with E-state index in [1.165, 1.54) is 18.3 Å². The third kappa shape index (κ3) is 3.82. The lowest BCUT2D eigenvalue weighted by Crippen LogP contribution is -2.11. The Balaban J connectivity index is 2.03. The van der Waals surface area contributed by atoms with Crippen LogP contribution in [0, 0.1) is 0 Å². The highest BCUT2D eigenvalue weighted by atomic mass is 32.2. The van der Waals surface area contributed by atoms with Crippen LogP contribution >= 0.6 is 23.1 Å². The van der Waals surface area contributed by atoms with Gasteiger partial charge in [-0.25, -0.2) is 4.98 Å². The minimum Gasteiger partial charge on any atom is -0.427 e. The molecule has 0 aliphatic heterocycles. The first-order valence-corrected chi connectivity index (χ1v) is 7.72. The second-order valence-corrected chi connectivity index (χ2v) is 5.90. The van der Waals surface area contributed by atoms with Crippen molar-refractivity contribution in [1.82, 2.24) is 4.98 Å². The van der Waals surface area contributed by atoms with Crippen LogP contribution in [0.15, 0.2) is 34.7 Å². The summed E-state index contributed by atoms with van der Waals surface area (Å²) in [5.41, 5.74) is 0.474. The highest BCUT2D eigenvalue weighted by Gasteiger charge is 2.09. The number of anilines is 1. The lowest BCUT2D eigenvalue weighted by molar-refractivity contribution is -0.131. The summed E-state index contributed by atoms with van der Waals surface area (Å²) >= 11 is 2.99. The molecule has 0 saturated heterocycles. The molecule has 0 spiro atoms. The standard InChI is InChI=1S/C13H12N2O3S2/c1-8(16)18-10-5-3-9(4-6-10)12(17)15-13-14-7-11(19-2)20-13/h3-7H,1-2H3,(H,14,15,17). The predicted molar refractivity (Wildman–Crippen MR) is 79.6 cm³/mol. The maximum absolute atomic E-state index is 12.0. The summed E-state index contributed by atoms with van der Waals surface area (Å²) in [4.78, 5) is 26.9. The van der Waals surface area contributed by atoms with Gasteiger partial charge in [0.25, 0.3) is 5.91 Å². The van der Waals surface area contributed by atoms with Crippen LogP contribution in [-0.2, 0) is 4.79 Å². The van der Waals surface area contributed by atoms with Crippen LogP contribution in [0.2, 0.25) is 0 Å². The second kappa shape index (κ2) is 6.53. The number of amides is 1. The van der Waals surface area contributed by atoms with Crippen molar-refractivity contribution in [1.29, 1.82) is 0 Å². The molecule has 1 heterocycles. The lowest BCUT2D eigenvalue weighted by atomic mass is 10.2. The third-order valence-corrected chi connectivity index (χ3v) is 4.25. The van der Waals surface area contributed by atoms with Crippen LogP contribution in [0.5, 0.6) is 5.75 Å². The van der Waals surface area contributed by atoms with Crippen molar-refractivity contribution in [2.75, 3.05) is 11.6 Å². The van der Waals surface area contributed by atoms with Crippen molar-refractivity contribution in [3.8, 4) is 5.75 Å². The zero-order valence-electron chi connectivity index (χ0n) is 10.9. The van der Waals surface area contributed by atoms with Crippen molar-refractivity contribution in [3.05, 3.63) is 36.0 Å². The average molecular weight is 308 g/mol. The third-order valence-electron chi connectivity index (χ3n) is 2.28. The Labute approximate surface area is 124 Å². The molecule has 0 fully saturated rings. The van der Waals surface area contributed by atoms with Gasteiger partial charge in [-0.05, 0) is 30.5 Å². The first-order chi connectivity index (χ1) is 9.58. The zero-order valence-corrected chi connectivity index (χ0v) is 12.5. The van der Waals surface area contributed by atoms with E-state index < -0.39 is 5.97 Å². The number of nitrogens with zero attached hydrogens (tertiary/aromatic N) is 1. The molecule has 1 aromatic carbocycles. The van der Waals surface area contributed by atoms with E-state index in [4.69, 9.17) is 4.74 Å². The topological polar surface area (TPSA) is 68.3 Å². The van der Waals surface area contributed by atoms with Crippen LogP contribution in [0.25, 0.3) is 0 Å². The number of esters is 1. The number of carbonyl (C=O) groups is 2. The van der Waals surface area contributed by atoms with Gasteiger partial charge in [0.1, 0.15) is 5.75 Å². The molecule has 0 saturated carbocycles. The number of carbonyl (C=O) groups excluding carboxylic acids is 2. The molecule has 0 atom stereocenters. The number of aromatic nitrogens is 1. The van der Waals surface area contributed by atoms with Crippen molar-refractivity contribution < 1.29 is 14.3 Å². The van der Waals surface area contributed by atoms with Gasteiger partial charge >= 0.3 is 5.97 Å². The van der Waals surface area contributed by atoms with Crippen LogP contribution < -0.4 is 10.1 Å². The SMILES string of the molecule is CSc1cnc(NC(=O)c2ccc(OC(C)=O)cc2)s1. The first-order valence-electron chi connectivity index (χ1n) is 5.68. The molecule has 5 nitrogen and oxygen atoms in total. The summed E-state index contributed by atoms with van der Waals surface area (Å²) < 4.78 is 5.93. The molecule has 1 N–H and O–H groups in total. The largest absolute Gasteiger partial charge is 0.427 e. The fourth-order valence-electron chi connectivity index (χ4n) is 1.42. The predicted octanol–water partition coefficient (Wildman–Crippen LogP) is 3.04. The van der Waals surface area contributed by atoms with E-state index in [1.807, 2.05) is 6.26 Å². The Morgan fingerprint density at radius 1 is 1.30 bits per heavy atom. The van der Waals surface area contributed by atoms with E-state index in [2.05, 4.69) is 10.3 Å². The molecule has 0 unspecified atom stereocenters. The molecule has 0 aliphatic carbocycles. The number of hydrogen-bond acceptors (Lipinski definition) is 6. The molecular weight excluding hydrogens is 296 g/mol. The van der Waals surface area contributed by atoms with E-state index in [0.29, 0.717) is 16.4 Å². The number of benzene rings is 1. The van der Waals surface area contributed by atoms with Gasteiger partial charge in [0.2, 0.25) is 0 Å². The van der Waals surface area contributed by atoms with Crippen LogP contribution in [0.4, 0.5) is 5.13 Å². The van der Waals surface area contributed by atoms with Gasteiger partial charge in [0, 0.05) is 12.5 Å². The molecule has 104 valence electrons. The smallest absolute Gasteiger partial charge is 0.308 e. The summed E-state index contributed by atoms with van der Waals surface area (Å²) in [6.07, 6.45) is 3.67. The number of nitrogens with one attached hydrogen (secondary N) is 1. The average Bonchev–Trinajstić information content (AvgIpc) is 2.86. The van der Waals surface area contributed by atoms with Crippen molar-refractivity contribution >= 4 is 40.1 Å². The van der Waals surface area contributed by atoms with E-state index in [-0.39, 0.29) is 5.91 Å². The maximum atomic E-state index is 12.0. The van der Waals surface area contributed by atoms with Crippen molar-refractivity contribution in [2.24, 2.45) is 0 Å². The minimum atomic E-state index is -0.394. The first kappa shape index (κ1) is 14.5. The molecule has 20 heavy (non-hydrogen) atoms. The van der Waals surface area contributed by atoms with E-state index in [1.54, 1.807) is 42.2 Å². The zero-order chi connectivity index (χ0) is 14.5. The lowest BCUT2D eigenvalue weighted by Gasteiger charge is -2.03. The minimum absolute atomic E-state index is 0.249. The Kier molecular flexibility index (Phi) is 4.75. The van der Waals surface area contributed by atoms with Gasteiger partial charge in [0.05, 0.1) is 10.4 Å². The molecule has 1 aromatic heterocycles. The molecule has 7 heteroatoms. The number of rotatable bonds is 4. The van der Waals surface area contributed by atoms with Crippen LogP contribution in [0.3, 0.4) is 0 Å². The fourth-order valence-corrected chi connectivity index (χ4v) is 2.69. The van der Waals surface area contributed by atoms with Gasteiger partial charge in [0.15, 0.2) is 5.13 Å². The molecule has 2 rings (SSSR count). The Morgan fingerprint density at radius 3 is 2.55 bits per heavy atom. The molecule has 1 amide bonds. The quantitative estimate of drug-likeness (QED) is 0.534. The number of hydrogen-bond donors (Lipinski definition) is 1. The van der Waals surface area contributed by atoms with E-state index in [0.717, 1.165) is 4.21 Å². The van der Waals surface area contributed by atoms with Crippen molar-refractivity contribution in [2.45, 2.75) is 11.1 Å². The molecule has 2 aromatic rings. The number of thiazole rings is 1. The molecular formula is C13H12N2O3S2. The molecule has 0 bridgehead atoms. The fraction of sp³-hybridized carbons (Fsp3) is 0.154. The van der Waals surface area contributed by atoms with Gasteiger partial charge < -0.3 is 4.74 Å². The van der Waals surface area contributed by atoms with Gasteiger partial charge in [-0.15, -0.1) is 11.8 Å². The Bertz CT molecular complexity index is 623. The summed E-state index contributed by atoms with van der Waals surface area (Å²) in [5, 5.41) is 3.28. The Hall–Kier alpha value is -1.86. The highest BCUT2D eigenvalue weighted by Crippen LogP contribution is 2.26. The molecule has 0 aliphatic rings. The summed E-state index contributed by atoms with van der Waals surface area (Å²) in [6.45, 7) is 1.33. The highest BCUT2D eigenvalue weighted by molar-refractivity contribution is 8.00. The van der Waals surface area contributed by atoms with Gasteiger partial charge in [-0.3, -0.25) is 14.9 Å². The summed E-state index contributed by atoms with van der Waals surface area (Å²) in [7, 11) is 0. The van der Waals surface area contributed by atoms with Crippen molar-refractivity contribution in [3.63, 3.8) is 0 Å². The normalized spacial score (nSPS) is 10.1. The summed E-state index contributed by atoms with van der Waals surface area (Å²) in [5.74, 6) is -0.232. The van der Waals surface area contributed by atoms with E-state index in [9.17, 15) is 9.59 Å². The van der Waals surface area contributed by atoms with Gasteiger partial charge in [-0.1, -0.05) is 11.3 Å². The Morgan fingerprint density at radius 2 is 2.00 bits per heavy atom. The summed E-state index contributed by atoms with van der Waals surface area (Å²) in [6, 6.07) is 6.34. The number of thioether (sulfide) groups is 1. The maximum Gasteiger partial charge on any atom is 0.308 e. The number of ether oxygens (including phenoxy) is 1.